The minimum absolute atomic E-state index is 0.0140. The van der Waals surface area contributed by atoms with Crippen LogP contribution in [0.1, 0.15) is 32.6 Å². The molecule has 1 atom stereocenters. The van der Waals surface area contributed by atoms with E-state index >= 15 is 0 Å². The molecule has 0 aromatic heterocycles. The molecule has 0 heterocycles. The van der Waals surface area contributed by atoms with E-state index in [4.69, 9.17) is 5.11 Å². The highest BCUT2D eigenvalue weighted by Crippen LogP contribution is 2.32. The van der Waals surface area contributed by atoms with Crippen molar-refractivity contribution < 1.29 is 18.3 Å². The molecule has 1 aliphatic carbocycles. The van der Waals surface area contributed by atoms with Crippen molar-refractivity contribution in [2.24, 2.45) is 5.92 Å². The smallest absolute Gasteiger partial charge is 0.303 e. The summed E-state index contributed by atoms with van der Waals surface area (Å²) in [6, 6.07) is -0.0140. The maximum absolute atomic E-state index is 11.5. The van der Waals surface area contributed by atoms with Crippen molar-refractivity contribution in [3.8, 4) is 0 Å². The van der Waals surface area contributed by atoms with Gasteiger partial charge < -0.3 is 5.11 Å². The van der Waals surface area contributed by atoms with Gasteiger partial charge >= 0.3 is 5.97 Å². The topological polar surface area (TPSA) is 83.5 Å². The van der Waals surface area contributed by atoms with Crippen molar-refractivity contribution in [2.75, 3.05) is 5.75 Å². The molecule has 0 saturated heterocycles. The number of carbonyl (C=O) groups is 1. The monoisotopic (exact) mass is 235 g/mol. The molecule has 0 aliphatic heterocycles. The second-order valence-corrected chi connectivity index (χ2v) is 5.93. The molecule has 88 valence electrons. The van der Waals surface area contributed by atoms with Crippen LogP contribution in [0.3, 0.4) is 0 Å². The zero-order chi connectivity index (χ0) is 11.5. The van der Waals surface area contributed by atoms with Crippen LogP contribution < -0.4 is 4.72 Å². The highest BCUT2D eigenvalue weighted by atomic mass is 32.2. The van der Waals surface area contributed by atoms with Gasteiger partial charge in [-0.15, -0.1) is 0 Å². The van der Waals surface area contributed by atoms with Crippen LogP contribution in [0.4, 0.5) is 0 Å². The van der Waals surface area contributed by atoms with Crippen molar-refractivity contribution >= 4 is 16.0 Å². The van der Waals surface area contributed by atoms with Gasteiger partial charge in [-0.3, -0.25) is 4.79 Å². The Kier molecular flexibility index (Phi) is 4.10. The van der Waals surface area contributed by atoms with E-state index in [-0.39, 0.29) is 24.6 Å². The van der Waals surface area contributed by atoms with Crippen molar-refractivity contribution in [3.05, 3.63) is 0 Å². The summed E-state index contributed by atoms with van der Waals surface area (Å²) in [5.74, 6) is -0.587. The maximum atomic E-state index is 11.5. The molecule has 0 bridgehead atoms. The number of aliphatic carboxylic acids is 1. The van der Waals surface area contributed by atoms with Gasteiger partial charge in [-0.2, -0.15) is 0 Å². The summed E-state index contributed by atoms with van der Waals surface area (Å²) in [6.45, 7) is 1.85. The van der Waals surface area contributed by atoms with Crippen LogP contribution in [0.5, 0.6) is 0 Å². The Morgan fingerprint density at radius 2 is 2.13 bits per heavy atom. The first-order valence-electron chi connectivity index (χ1n) is 5.12. The molecule has 15 heavy (non-hydrogen) atoms. The van der Waals surface area contributed by atoms with Gasteiger partial charge in [0.05, 0.1) is 5.75 Å². The van der Waals surface area contributed by atoms with E-state index in [0.717, 1.165) is 12.8 Å². The maximum Gasteiger partial charge on any atom is 0.303 e. The minimum Gasteiger partial charge on any atom is -0.481 e. The highest BCUT2D eigenvalue weighted by molar-refractivity contribution is 7.89. The molecule has 0 aromatic rings. The number of hydrogen-bond acceptors (Lipinski definition) is 3. The Morgan fingerprint density at radius 3 is 2.60 bits per heavy atom. The second-order valence-electron chi connectivity index (χ2n) is 4.06. The Labute approximate surface area is 89.9 Å². The Balaban J connectivity index is 2.27. The van der Waals surface area contributed by atoms with Crippen LogP contribution in [0.15, 0.2) is 0 Å². The predicted molar refractivity (Wildman–Crippen MR) is 56.0 cm³/mol. The summed E-state index contributed by atoms with van der Waals surface area (Å²) < 4.78 is 25.5. The third kappa shape index (κ3) is 5.13. The lowest BCUT2D eigenvalue weighted by Gasteiger charge is -2.12. The van der Waals surface area contributed by atoms with E-state index in [1.165, 1.54) is 0 Å². The molecule has 1 fully saturated rings. The number of nitrogens with one attached hydrogen (secondary N) is 1. The van der Waals surface area contributed by atoms with Gasteiger partial charge in [-0.25, -0.2) is 13.1 Å². The van der Waals surface area contributed by atoms with E-state index in [1.54, 1.807) is 0 Å². The molecule has 5 nitrogen and oxygen atoms in total. The quantitative estimate of drug-likeness (QED) is 0.675. The lowest BCUT2D eigenvalue weighted by Crippen LogP contribution is -2.35. The number of carboxylic acid groups (broad SMARTS) is 1. The van der Waals surface area contributed by atoms with E-state index < -0.39 is 16.0 Å². The van der Waals surface area contributed by atoms with Crippen LogP contribution in [0.2, 0.25) is 0 Å². The van der Waals surface area contributed by atoms with Crippen LogP contribution >= 0.6 is 0 Å². The van der Waals surface area contributed by atoms with Gasteiger partial charge in [0.2, 0.25) is 10.0 Å². The fourth-order valence-electron chi connectivity index (χ4n) is 1.45. The summed E-state index contributed by atoms with van der Waals surface area (Å²) >= 11 is 0. The van der Waals surface area contributed by atoms with Gasteiger partial charge in [-0.05, 0) is 32.1 Å². The van der Waals surface area contributed by atoms with Gasteiger partial charge in [0, 0.05) is 12.5 Å². The summed E-state index contributed by atoms with van der Waals surface area (Å²) in [6.07, 6.45) is 2.23. The van der Waals surface area contributed by atoms with Crippen LogP contribution in [0.25, 0.3) is 0 Å². The highest BCUT2D eigenvalue weighted by Gasteiger charge is 2.30. The minimum atomic E-state index is -3.29. The van der Waals surface area contributed by atoms with Crippen LogP contribution in [0, 0.1) is 5.92 Å². The normalized spacial score (nSPS) is 18.7. The van der Waals surface area contributed by atoms with Crippen LogP contribution in [-0.4, -0.2) is 31.3 Å². The first kappa shape index (κ1) is 12.4. The number of sulfonamides is 1. The molecule has 1 saturated carbocycles. The molecule has 1 aliphatic rings. The standard InChI is InChI=1S/C9H17NO4S/c1-7(8-4-5-8)10-15(13,14)6-2-3-9(11)12/h7-8,10H,2-6H2,1H3,(H,11,12). The van der Waals surface area contributed by atoms with Crippen LogP contribution in [-0.2, 0) is 14.8 Å². The lowest BCUT2D eigenvalue weighted by atomic mass is 10.2. The Morgan fingerprint density at radius 1 is 1.53 bits per heavy atom. The van der Waals surface area contributed by atoms with E-state index in [9.17, 15) is 13.2 Å². The number of carboxylic acids is 1. The van der Waals surface area contributed by atoms with E-state index in [2.05, 4.69) is 4.72 Å². The van der Waals surface area contributed by atoms with E-state index in [0.29, 0.717) is 5.92 Å². The summed E-state index contributed by atoms with van der Waals surface area (Å²) in [5, 5.41) is 8.38. The molecule has 0 amide bonds. The first-order valence-corrected chi connectivity index (χ1v) is 6.78. The zero-order valence-electron chi connectivity index (χ0n) is 8.77. The molecule has 1 unspecified atom stereocenters. The molecule has 0 aromatic carbocycles. The SMILES string of the molecule is CC(NS(=O)(=O)CCCC(=O)O)C1CC1. The second kappa shape index (κ2) is 4.94. The molecule has 2 N–H and O–H groups in total. The van der Waals surface area contributed by atoms with Gasteiger partial charge in [-0.1, -0.05) is 0 Å². The zero-order valence-corrected chi connectivity index (χ0v) is 9.59. The van der Waals surface area contributed by atoms with Gasteiger partial charge in [0.15, 0.2) is 0 Å². The summed E-state index contributed by atoms with van der Waals surface area (Å²) in [4.78, 5) is 10.2. The molecule has 0 radical (unpaired) electrons. The average molecular weight is 235 g/mol. The fraction of sp³-hybridized carbons (Fsp3) is 0.889. The molecular weight excluding hydrogens is 218 g/mol. The Hall–Kier alpha value is -0.620. The number of rotatable bonds is 7. The van der Waals surface area contributed by atoms with Crippen molar-refractivity contribution in [2.45, 2.75) is 38.6 Å². The molecule has 1 rings (SSSR count). The molecule has 6 heteroatoms. The number of hydrogen-bond donors (Lipinski definition) is 2. The third-order valence-corrected chi connectivity index (χ3v) is 4.06. The molecule has 0 spiro atoms. The third-order valence-electron chi connectivity index (χ3n) is 2.50. The summed E-state index contributed by atoms with van der Waals surface area (Å²) in [5.41, 5.74) is 0. The predicted octanol–water partition coefficient (Wildman–Crippen LogP) is 0.569. The fourth-order valence-corrected chi connectivity index (χ4v) is 2.85. The summed E-state index contributed by atoms with van der Waals surface area (Å²) in [7, 11) is -3.29. The van der Waals surface area contributed by atoms with Crippen molar-refractivity contribution in [1.82, 2.24) is 4.72 Å². The van der Waals surface area contributed by atoms with Crippen molar-refractivity contribution in [3.63, 3.8) is 0 Å². The first-order chi connectivity index (χ1) is 6.91. The Bertz CT molecular complexity index is 321. The van der Waals surface area contributed by atoms with E-state index in [1.807, 2.05) is 6.92 Å². The van der Waals surface area contributed by atoms with Crippen molar-refractivity contribution in [1.29, 1.82) is 0 Å². The van der Waals surface area contributed by atoms with Gasteiger partial charge in [0.25, 0.3) is 0 Å². The largest absolute Gasteiger partial charge is 0.481 e. The molecular formula is C9H17NO4S. The average Bonchev–Trinajstić information content (AvgIpc) is 2.82. The van der Waals surface area contributed by atoms with Gasteiger partial charge in [0.1, 0.15) is 0 Å². The lowest BCUT2D eigenvalue weighted by molar-refractivity contribution is -0.137.